The van der Waals surface area contributed by atoms with Crippen LogP contribution in [0.3, 0.4) is 0 Å². The zero-order valence-corrected chi connectivity index (χ0v) is 24.4. The number of methoxy groups -OCH3 is 1. The molecule has 206 valence electrons. The third kappa shape index (κ3) is 4.86. The van der Waals surface area contributed by atoms with E-state index in [4.69, 9.17) is 21.3 Å². The Morgan fingerprint density at radius 2 is 1.85 bits per heavy atom. The number of aryl methyl sites for hydroxylation is 2. The van der Waals surface area contributed by atoms with Gasteiger partial charge in [0.1, 0.15) is 11.0 Å². The first-order valence-corrected chi connectivity index (χ1v) is 14.0. The van der Waals surface area contributed by atoms with E-state index in [9.17, 15) is 9.59 Å². The number of hydrogen-bond acceptors (Lipinski definition) is 8. The lowest BCUT2D eigenvalue weighted by Gasteiger charge is -2.20. The average Bonchev–Trinajstić information content (AvgIpc) is 3.26. The molecule has 12 heteroatoms. The van der Waals surface area contributed by atoms with Crippen LogP contribution in [0.25, 0.3) is 33.3 Å². The summed E-state index contributed by atoms with van der Waals surface area (Å²) in [6.07, 6.45) is 1.75. The van der Waals surface area contributed by atoms with Gasteiger partial charge in [0.2, 0.25) is 0 Å². The van der Waals surface area contributed by atoms with E-state index in [0.717, 1.165) is 27.7 Å². The number of halogens is 1. The number of anilines is 1. The molecule has 0 saturated heterocycles. The second-order valence-electron chi connectivity index (χ2n) is 9.44. The standard InChI is InChI=1S/C28H28ClN7O3S/c1-14-11-17(15(2)30-19-8-10-22(29)32-24(19)26(37)34-40-6)23-18(12-14)27(38)36(4)25(33-23)16-7-9-21-20(13-16)31-28(39-5)35(21)3/h7-13,15,30H,1-6H3,(H,34,37). The highest BCUT2D eigenvalue weighted by Gasteiger charge is 2.21. The summed E-state index contributed by atoms with van der Waals surface area (Å²) >= 11 is 7.26. The number of carbonyl (C=O) groups is 1. The van der Waals surface area contributed by atoms with Crippen LogP contribution in [0.5, 0.6) is 6.01 Å². The highest BCUT2D eigenvalue weighted by molar-refractivity contribution is 7.97. The predicted molar refractivity (Wildman–Crippen MR) is 160 cm³/mol. The van der Waals surface area contributed by atoms with E-state index in [-0.39, 0.29) is 28.4 Å². The topological polar surface area (TPSA) is 116 Å². The lowest BCUT2D eigenvalue weighted by atomic mass is 10.0. The van der Waals surface area contributed by atoms with Gasteiger partial charge >= 0.3 is 0 Å². The molecular weight excluding hydrogens is 550 g/mol. The Morgan fingerprint density at radius 1 is 1.07 bits per heavy atom. The maximum Gasteiger partial charge on any atom is 0.296 e. The first-order valence-electron chi connectivity index (χ1n) is 12.4. The van der Waals surface area contributed by atoms with Crippen LogP contribution in [-0.2, 0) is 14.1 Å². The van der Waals surface area contributed by atoms with Crippen molar-refractivity contribution in [1.82, 2.24) is 28.8 Å². The van der Waals surface area contributed by atoms with Crippen molar-refractivity contribution in [2.45, 2.75) is 19.9 Å². The van der Waals surface area contributed by atoms with Crippen molar-refractivity contribution in [3.05, 3.63) is 74.8 Å². The van der Waals surface area contributed by atoms with E-state index in [2.05, 4.69) is 20.0 Å². The zero-order valence-electron chi connectivity index (χ0n) is 22.9. The number of rotatable bonds is 7. The monoisotopic (exact) mass is 577 g/mol. The van der Waals surface area contributed by atoms with Gasteiger partial charge in [-0.3, -0.25) is 23.4 Å². The highest BCUT2D eigenvalue weighted by atomic mass is 35.5. The minimum Gasteiger partial charge on any atom is -0.468 e. The quantitative estimate of drug-likeness (QED) is 0.204. The van der Waals surface area contributed by atoms with Crippen LogP contribution in [0.1, 0.15) is 34.6 Å². The maximum absolute atomic E-state index is 13.6. The van der Waals surface area contributed by atoms with Crippen molar-refractivity contribution < 1.29 is 9.53 Å². The van der Waals surface area contributed by atoms with E-state index >= 15 is 0 Å². The summed E-state index contributed by atoms with van der Waals surface area (Å²) in [7, 11) is 5.17. The summed E-state index contributed by atoms with van der Waals surface area (Å²) in [6.45, 7) is 3.89. The van der Waals surface area contributed by atoms with Crippen molar-refractivity contribution in [2.24, 2.45) is 14.1 Å². The second kappa shape index (κ2) is 10.8. The van der Waals surface area contributed by atoms with Gasteiger partial charge in [0, 0.05) is 31.5 Å². The molecule has 0 aliphatic rings. The fraction of sp³-hybridized carbons (Fsp3) is 0.250. The molecule has 0 fully saturated rings. The molecule has 0 saturated carbocycles. The lowest BCUT2D eigenvalue weighted by Crippen LogP contribution is -2.22. The molecule has 10 nitrogen and oxygen atoms in total. The largest absolute Gasteiger partial charge is 0.468 e. The predicted octanol–water partition coefficient (Wildman–Crippen LogP) is 5.03. The minimum absolute atomic E-state index is 0.163. The van der Waals surface area contributed by atoms with Crippen molar-refractivity contribution >= 4 is 57.1 Å². The Kier molecular flexibility index (Phi) is 7.43. The minimum atomic E-state index is -0.366. The average molecular weight is 578 g/mol. The van der Waals surface area contributed by atoms with Gasteiger partial charge in [-0.05, 0) is 55.8 Å². The molecule has 0 aliphatic carbocycles. The number of hydrogen-bond donors (Lipinski definition) is 2. The number of pyridine rings is 1. The number of nitrogens with zero attached hydrogens (tertiary/aromatic N) is 5. The van der Waals surface area contributed by atoms with Gasteiger partial charge in [0.15, 0.2) is 5.69 Å². The second-order valence-corrected chi connectivity index (χ2v) is 10.4. The van der Waals surface area contributed by atoms with Gasteiger partial charge in [0.25, 0.3) is 17.5 Å². The van der Waals surface area contributed by atoms with Crippen LogP contribution in [0, 0.1) is 6.92 Å². The first kappa shape index (κ1) is 27.5. The summed E-state index contributed by atoms with van der Waals surface area (Å²) in [5.41, 5.74) is 5.20. The molecule has 2 N–H and O–H groups in total. The van der Waals surface area contributed by atoms with Gasteiger partial charge in [-0.25, -0.2) is 9.97 Å². The Morgan fingerprint density at radius 3 is 2.58 bits per heavy atom. The van der Waals surface area contributed by atoms with Gasteiger partial charge in [-0.15, -0.1) is 0 Å². The van der Waals surface area contributed by atoms with Crippen molar-refractivity contribution in [1.29, 1.82) is 0 Å². The summed E-state index contributed by atoms with van der Waals surface area (Å²) in [5.74, 6) is 0.143. The molecule has 1 amide bonds. The van der Waals surface area contributed by atoms with Gasteiger partial charge in [-0.2, -0.15) is 4.98 Å². The van der Waals surface area contributed by atoms with Crippen LogP contribution in [0.15, 0.2) is 47.3 Å². The van der Waals surface area contributed by atoms with Gasteiger partial charge in [0.05, 0.1) is 40.8 Å². The third-order valence-electron chi connectivity index (χ3n) is 6.74. The van der Waals surface area contributed by atoms with Crippen molar-refractivity contribution in [2.75, 3.05) is 18.7 Å². The Hall–Kier alpha value is -4.09. The summed E-state index contributed by atoms with van der Waals surface area (Å²) in [6, 6.07) is 13.1. The lowest BCUT2D eigenvalue weighted by molar-refractivity contribution is 0.0980. The summed E-state index contributed by atoms with van der Waals surface area (Å²) in [5, 5.41) is 4.09. The molecule has 5 rings (SSSR count). The van der Waals surface area contributed by atoms with Gasteiger partial charge < -0.3 is 10.1 Å². The third-order valence-corrected chi connectivity index (χ3v) is 7.34. The first-order chi connectivity index (χ1) is 19.1. The van der Waals surface area contributed by atoms with E-state index in [1.165, 1.54) is 11.9 Å². The summed E-state index contributed by atoms with van der Waals surface area (Å²) < 4.78 is 11.5. The number of fused-ring (bicyclic) bond motifs is 2. The Balaban J connectivity index is 1.64. The van der Waals surface area contributed by atoms with E-state index in [1.54, 1.807) is 37.1 Å². The highest BCUT2D eigenvalue weighted by Crippen LogP contribution is 2.31. The molecule has 0 bridgehead atoms. The maximum atomic E-state index is 13.6. The number of aromatic nitrogens is 5. The summed E-state index contributed by atoms with van der Waals surface area (Å²) in [4.78, 5) is 40.0. The molecular formula is C28H28ClN7O3S. The zero-order chi connectivity index (χ0) is 28.7. The van der Waals surface area contributed by atoms with E-state index in [1.807, 2.05) is 55.8 Å². The molecule has 3 heterocycles. The van der Waals surface area contributed by atoms with Crippen LogP contribution in [0.2, 0.25) is 5.15 Å². The van der Waals surface area contributed by atoms with Crippen molar-refractivity contribution in [3.8, 4) is 17.4 Å². The number of imidazole rings is 1. The molecule has 5 aromatic rings. The number of amides is 1. The van der Waals surface area contributed by atoms with E-state index in [0.29, 0.717) is 28.4 Å². The number of ether oxygens (including phenoxy) is 1. The molecule has 0 radical (unpaired) electrons. The van der Waals surface area contributed by atoms with Crippen molar-refractivity contribution in [3.63, 3.8) is 0 Å². The van der Waals surface area contributed by atoms with Gasteiger partial charge in [-0.1, -0.05) is 29.6 Å². The fourth-order valence-corrected chi connectivity index (χ4v) is 5.25. The molecule has 0 spiro atoms. The van der Waals surface area contributed by atoms with Crippen LogP contribution in [0.4, 0.5) is 5.69 Å². The fourth-order valence-electron chi connectivity index (χ4n) is 4.82. The number of benzene rings is 2. The molecule has 1 atom stereocenters. The van der Waals surface area contributed by atoms with Crippen LogP contribution in [-0.4, -0.2) is 43.4 Å². The van der Waals surface area contributed by atoms with Crippen LogP contribution < -0.4 is 20.3 Å². The number of nitrogens with one attached hydrogen (secondary N) is 2. The van der Waals surface area contributed by atoms with E-state index < -0.39 is 0 Å². The SMILES string of the molecule is COc1nc2cc(-c3nc4c(C(C)Nc5ccc(Cl)nc5C(=O)NSC)cc(C)cc4c(=O)n3C)ccc2n1C. The Bertz CT molecular complexity index is 1850. The molecule has 1 unspecified atom stereocenters. The molecule has 40 heavy (non-hydrogen) atoms. The molecule has 3 aromatic heterocycles. The number of carbonyl (C=O) groups excluding carboxylic acids is 1. The van der Waals surface area contributed by atoms with Crippen LogP contribution >= 0.6 is 23.5 Å². The Labute approximate surface area is 239 Å². The normalized spacial score (nSPS) is 12.1. The molecule has 2 aromatic carbocycles. The molecule has 0 aliphatic heterocycles. The smallest absolute Gasteiger partial charge is 0.296 e.